The van der Waals surface area contributed by atoms with Crippen molar-refractivity contribution in [2.24, 2.45) is 0 Å². The summed E-state index contributed by atoms with van der Waals surface area (Å²) in [7, 11) is 1.72. The van der Waals surface area contributed by atoms with E-state index in [-0.39, 0.29) is 11.6 Å². The van der Waals surface area contributed by atoms with E-state index < -0.39 is 0 Å². The first-order chi connectivity index (χ1) is 14.8. The van der Waals surface area contributed by atoms with Crippen molar-refractivity contribution in [1.29, 1.82) is 0 Å². The number of morpholine rings is 1. The molecule has 3 heterocycles. The molecular weight excluding hydrogens is 390 g/mol. The maximum Gasteiger partial charge on any atom is 0.217 e. The van der Waals surface area contributed by atoms with Gasteiger partial charge in [0.25, 0.3) is 0 Å². The number of anilines is 2. The highest BCUT2D eigenvalue weighted by Crippen LogP contribution is 2.39. The van der Waals surface area contributed by atoms with Crippen LogP contribution in [-0.2, 0) is 4.74 Å². The number of hydrogen-bond acceptors (Lipinski definition) is 6. The molecule has 4 rings (SSSR count). The smallest absolute Gasteiger partial charge is 0.217 e. The van der Waals surface area contributed by atoms with Crippen LogP contribution in [0, 0.1) is 0 Å². The van der Waals surface area contributed by atoms with E-state index in [1.807, 2.05) is 6.07 Å². The van der Waals surface area contributed by atoms with Crippen LogP contribution in [-0.4, -0.2) is 50.0 Å². The first kappa shape index (κ1) is 21.8. The quantitative estimate of drug-likeness (QED) is 0.684. The molecule has 2 fully saturated rings. The number of benzene rings is 1. The van der Waals surface area contributed by atoms with Gasteiger partial charge >= 0.3 is 0 Å². The van der Waals surface area contributed by atoms with Crippen LogP contribution in [0.5, 0.6) is 11.6 Å². The Balaban J connectivity index is 1.71. The third-order valence-corrected chi connectivity index (χ3v) is 5.91. The molecule has 0 amide bonds. The second-order valence-corrected chi connectivity index (χ2v) is 9.48. The molecule has 0 N–H and O–H groups in total. The van der Waals surface area contributed by atoms with Crippen LogP contribution in [0.2, 0.25) is 0 Å². The van der Waals surface area contributed by atoms with Crippen LogP contribution < -0.4 is 19.3 Å². The van der Waals surface area contributed by atoms with Gasteiger partial charge in [0.05, 0.1) is 26.4 Å². The average Bonchev–Trinajstić information content (AvgIpc) is 3.23. The largest absolute Gasteiger partial charge is 0.497 e. The maximum atomic E-state index is 6.23. The number of ether oxygens (including phenoxy) is 3. The van der Waals surface area contributed by atoms with Crippen molar-refractivity contribution >= 4 is 11.5 Å². The summed E-state index contributed by atoms with van der Waals surface area (Å²) >= 11 is 0. The van der Waals surface area contributed by atoms with E-state index >= 15 is 0 Å². The lowest BCUT2D eigenvalue weighted by Crippen LogP contribution is -2.43. The van der Waals surface area contributed by atoms with E-state index in [2.05, 4.69) is 67.8 Å². The van der Waals surface area contributed by atoms with Crippen molar-refractivity contribution in [3.05, 3.63) is 42.0 Å². The summed E-state index contributed by atoms with van der Waals surface area (Å²) < 4.78 is 17.4. The highest BCUT2D eigenvalue weighted by Gasteiger charge is 2.30. The van der Waals surface area contributed by atoms with Gasteiger partial charge in [0, 0.05) is 37.0 Å². The van der Waals surface area contributed by atoms with Crippen molar-refractivity contribution < 1.29 is 14.2 Å². The highest BCUT2D eigenvalue weighted by atomic mass is 16.5. The van der Waals surface area contributed by atoms with Crippen LogP contribution in [0.4, 0.5) is 11.5 Å². The van der Waals surface area contributed by atoms with E-state index in [9.17, 15) is 0 Å². The minimum absolute atomic E-state index is 0.280. The van der Waals surface area contributed by atoms with Gasteiger partial charge in [-0.15, -0.1) is 0 Å². The zero-order valence-electron chi connectivity index (χ0n) is 19.4. The Morgan fingerprint density at radius 2 is 1.94 bits per heavy atom. The zero-order chi connectivity index (χ0) is 22.0. The molecule has 168 valence electrons. The number of methoxy groups -OCH3 is 1. The van der Waals surface area contributed by atoms with Gasteiger partial charge in [-0.05, 0) is 58.2 Å². The van der Waals surface area contributed by atoms with Crippen molar-refractivity contribution in [1.82, 2.24) is 4.98 Å². The van der Waals surface area contributed by atoms with Gasteiger partial charge in [-0.2, -0.15) is 4.98 Å². The molecule has 0 saturated carbocycles. The molecule has 2 aromatic rings. The number of nitrogens with zero attached hydrogens (tertiary/aromatic N) is 3. The van der Waals surface area contributed by atoms with Crippen LogP contribution in [0.15, 0.2) is 36.4 Å². The Kier molecular flexibility index (Phi) is 6.28. The Morgan fingerprint density at radius 1 is 1.10 bits per heavy atom. The van der Waals surface area contributed by atoms with Crippen LogP contribution in [0.25, 0.3) is 0 Å². The topological polar surface area (TPSA) is 47.1 Å². The molecule has 2 atom stereocenters. The van der Waals surface area contributed by atoms with Crippen molar-refractivity contribution in [3.8, 4) is 11.6 Å². The highest BCUT2D eigenvalue weighted by molar-refractivity contribution is 5.60. The van der Waals surface area contributed by atoms with Crippen molar-refractivity contribution in [2.45, 2.75) is 58.2 Å². The first-order valence-corrected chi connectivity index (χ1v) is 11.3. The molecule has 0 aliphatic carbocycles. The predicted molar refractivity (Wildman–Crippen MR) is 125 cm³/mol. The van der Waals surface area contributed by atoms with Crippen LogP contribution in [0.3, 0.4) is 0 Å². The van der Waals surface area contributed by atoms with Crippen LogP contribution in [0.1, 0.15) is 52.1 Å². The number of aromatic nitrogens is 1. The first-order valence-electron chi connectivity index (χ1n) is 11.3. The molecular formula is C25H35N3O3. The molecule has 6 heteroatoms. The summed E-state index contributed by atoms with van der Waals surface area (Å²) in [4.78, 5) is 9.77. The van der Waals surface area contributed by atoms with Gasteiger partial charge < -0.3 is 24.0 Å². The number of pyridine rings is 1. The summed E-state index contributed by atoms with van der Waals surface area (Å²) in [5.74, 6) is 2.54. The molecule has 2 aliphatic heterocycles. The lowest BCUT2D eigenvalue weighted by atomic mass is 10.0. The Hall–Kier alpha value is -2.47. The van der Waals surface area contributed by atoms with Gasteiger partial charge in [-0.25, -0.2) is 0 Å². The normalized spacial score (nSPS) is 22.0. The summed E-state index contributed by atoms with van der Waals surface area (Å²) in [5.41, 5.74) is 2.11. The van der Waals surface area contributed by atoms with Gasteiger partial charge in [-0.1, -0.05) is 12.1 Å². The number of rotatable bonds is 5. The fourth-order valence-corrected chi connectivity index (χ4v) is 4.50. The van der Waals surface area contributed by atoms with E-state index in [0.29, 0.717) is 11.9 Å². The van der Waals surface area contributed by atoms with E-state index in [1.165, 1.54) is 5.56 Å². The summed E-state index contributed by atoms with van der Waals surface area (Å²) in [6, 6.07) is 13.3. The number of hydrogen-bond donors (Lipinski definition) is 0. The third-order valence-electron chi connectivity index (χ3n) is 5.91. The average molecular weight is 426 g/mol. The van der Waals surface area contributed by atoms with Crippen molar-refractivity contribution in [3.63, 3.8) is 0 Å². The van der Waals surface area contributed by atoms with E-state index in [4.69, 9.17) is 19.2 Å². The third kappa shape index (κ3) is 5.06. The van der Waals surface area contributed by atoms with Gasteiger partial charge in [-0.3, -0.25) is 0 Å². The van der Waals surface area contributed by atoms with Gasteiger partial charge in [0.2, 0.25) is 5.88 Å². The molecule has 2 saturated heterocycles. The fraction of sp³-hybridized carbons (Fsp3) is 0.560. The molecule has 1 aromatic carbocycles. The standard InChI is InChI=1S/C25H35N3O3/c1-18-17-30-13-12-27(18)20-15-23(26-24(16-20)31-25(2,3)4)28-11-7-10-22(28)19-8-6-9-21(14-19)29-5/h6,8-9,14-16,18,22H,7,10-13,17H2,1-5H3/t18-,22?/m1/s1. The van der Waals surface area contributed by atoms with Crippen LogP contribution >= 0.6 is 0 Å². The lowest BCUT2D eigenvalue weighted by Gasteiger charge is -2.36. The van der Waals surface area contributed by atoms with E-state index in [1.54, 1.807) is 7.11 Å². The molecule has 1 aromatic heterocycles. The second kappa shape index (κ2) is 8.95. The summed E-state index contributed by atoms with van der Waals surface area (Å²) in [5, 5.41) is 0. The Morgan fingerprint density at radius 3 is 2.68 bits per heavy atom. The fourth-order valence-electron chi connectivity index (χ4n) is 4.50. The molecule has 6 nitrogen and oxygen atoms in total. The van der Waals surface area contributed by atoms with E-state index in [0.717, 1.165) is 56.4 Å². The molecule has 0 spiro atoms. The molecule has 2 aliphatic rings. The molecule has 0 radical (unpaired) electrons. The minimum atomic E-state index is -0.309. The van der Waals surface area contributed by atoms with Crippen molar-refractivity contribution in [2.75, 3.05) is 43.2 Å². The summed E-state index contributed by atoms with van der Waals surface area (Å²) in [6.45, 7) is 11.7. The predicted octanol–water partition coefficient (Wildman–Crippen LogP) is 4.83. The molecule has 1 unspecified atom stereocenters. The lowest BCUT2D eigenvalue weighted by molar-refractivity contribution is 0.0986. The molecule has 31 heavy (non-hydrogen) atoms. The Bertz CT molecular complexity index is 896. The maximum absolute atomic E-state index is 6.23. The monoisotopic (exact) mass is 425 g/mol. The summed E-state index contributed by atoms with van der Waals surface area (Å²) in [6.07, 6.45) is 2.24. The zero-order valence-corrected chi connectivity index (χ0v) is 19.4. The minimum Gasteiger partial charge on any atom is -0.497 e. The Labute approximate surface area is 186 Å². The van der Waals surface area contributed by atoms with Gasteiger partial charge in [0.15, 0.2) is 0 Å². The second-order valence-electron chi connectivity index (χ2n) is 9.48. The van der Waals surface area contributed by atoms with Gasteiger partial charge in [0.1, 0.15) is 17.2 Å². The SMILES string of the molecule is COc1cccc(C2CCCN2c2cc(N3CCOC[C@H]3C)cc(OC(C)(C)C)n2)c1. The molecule has 0 bridgehead atoms.